The summed E-state index contributed by atoms with van der Waals surface area (Å²) < 4.78 is 15.6. The molecule has 0 aliphatic rings. The van der Waals surface area contributed by atoms with Gasteiger partial charge in [0, 0.05) is 6.42 Å². The summed E-state index contributed by atoms with van der Waals surface area (Å²) in [6.07, 6.45) is 6.54. The van der Waals surface area contributed by atoms with Crippen molar-refractivity contribution in [1.29, 1.82) is 0 Å². The van der Waals surface area contributed by atoms with Crippen LogP contribution in [0.25, 0.3) is 0 Å². The van der Waals surface area contributed by atoms with Crippen LogP contribution in [0.2, 0.25) is 0 Å². The van der Waals surface area contributed by atoms with Gasteiger partial charge in [0.05, 0.1) is 26.2 Å². The van der Waals surface area contributed by atoms with Crippen molar-refractivity contribution in [2.24, 2.45) is 5.92 Å². The smallest absolute Gasteiger partial charge is 0.340 e. The lowest BCUT2D eigenvalue weighted by Gasteiger charge is -2.31. The Morgan fingerprint density at radius 2 is 1.18 bits per heavy atom. The number of hydrogen-bond acceptors (Lipinski definition) is 8. The third-order valence-electron chi connectivity index (χ3n) is 5.28. The number of hydrogen-bond donors (Lipinski definition) is 1. The summed E-state index contributed by atoms with van der Waals surface area (Å²) in [4.78, 5) is 51.1. The average molecular weight is 473 g/mol. The molecule has 0 heterocycles. The average Bonchev–Trinajstić information content (AvgIpc) is 2.77. The van der Waals surface area contributed by atoms with Crippen molar-refractivity contribution >= 4 is 23.7 Å². The Morgan fingerprint density at radius 3 is 1.67 bits per heavy atom. The third kappa shape index (κ3) is 12.2. The molecule has 192 valence electrons. The normalized spacial score (nSPS) is 13.6. The molecule has 0 bridgehead atoms. The molecule has 0 rings (SSSR count). The van der Waals surface area contributed by atoms with Crippen LogP contribution in [0.5, 0.6) is 0 Å². The van der Waals surface area contributed by atoms with Crippen molar-refractivity contribution in [3.63, 3.8) is 0 Å². The Bertz CT molecular complexity index is 589. The fourth-order valence-electron chi connectivity index (χ4n) is 3.33. The minimum absolute atomic E-state index is 0.0146. The lowest BCUT2D eigenvalue weighted by atomic mass is 9.80. The van der Waals surface area contributed by atoms with E-state index in [-0.39, 0.29) is 26.2 Å². The van der Waals surface area contributed by atoms with E-state index in [1.54, 1.807) is 6.92 Å². The summed E-state index contributed by atoms with van der Waals surface area (Å²) in [6.45, 7) is 7.93. The Kier molecular flexibility index (Phi) is 17.4. The first-order valence-corrected chi connectivity index (χ1v) is 12.5. The molecule has 0 aromatic heterocycles. The molecule has 8 nitrogen and oxygen atoms in total. The van der Waals surface area contributed by atoms with Crippen molar-refractivity contribution in [3.8, 4) is 0 Å². The second-order valence-electron chi connectivity index (χ2n) is 8.40. The second kappa shape index (κ2) is 18.5. The second-order valence-corrected chi connectivity index (χ2v) is 8.40. The van der Waals surface area contributed by atoms with Gasteiger partial charge in [-0.1, -0.05) is 66.2 Å². The van der Waals surface area contributed by atoms with E-state index in [2.05, 4.69) is 0 Å². The number of carbonyl (C=O) groups excluding carboxylic acids is 4. The van der Waals surface area contributed by atoms with E-state index in [4.69, 9.17) is 14.2 Å². The minimum Gasteiger partial charge on any atom is -0.466 e. The molecular formula is C25H44O8. The Labute approximate surface area is 198 Å². The molecule has 0 spiro atoms. The summed E-state index contributed by atoms with van der Waals surface area (Å²) in [5.41, 5.74) is -2.68. The highest BCUT2D eigenvalue weighted by molar-refractivity contribution is 6.06. The van der Waals surface area contributed by atoms with Gasteiger partial charge in [0.2, 0.25) is 0 Å². The number of carbonyl (C=O) groups is 4. The van der Waals surface area contributed by atoms with Crippen molar-refractivity contribution in [1.82, 2.24) is 0 Å². The van der Waals surface area contributed by atoms with E-state index >= 15 is 0 Å². The highest BCUT2D eigenvalue weighted by Crippen LogP contribution is 2.29. The first-order valence-electron chi connectivity index (χ1n) is 12.5. The monoisotopic (exact) mass is 472 g/mol. The van der Waals surface area contributed by atoms with Gasteiger partial charge in [-0.15, -0.1) is 0 Å². The van der Waals surface area contributed by atoms with E-state index in [0.29, 0.717) is 25.7 Å². The number of esters is 3. The van der Waals surface area contributed by atoms with Gasteiger partial charge in [0.25, 0.3) is 0 Å². The lowest BCUT2D eigenvalue weighted by molar-refractivity contribution is -0.188. The molecule has 2 atom stereocenters. The number of ether oxygens (including phenoxy) is 3. The number of rotatable bonds is 20. The fraction of sp³-hybridized carbons (Fsp3) is 0.840. The zero-order chi connectivity index (χ0) is 25.1. The number of aliphatic hydroxyl groups is 1. The van der Waals surface area contributed by atoms with Crippen LogP contribution in [0.4, 0.5) is 0 Å². The SMILES string of the molecule is CCCCCOC(=O)CC(O)(C(=O)OCCCCC)C(C(=O)CCC)C(=O)OCCCCC. The number of ketones is 1. The molecule has 1 N–H and O–H groups in total. The van der Waals surface area contributed by atoms with Crippen molar-refractivity contribution in [2.75, 3.05) is 19.8 Å². The van der Waals surface area contributed by atoms with E-state index in [1.807, 2.05) is 20.8 Å². The van der Waals surface area contributed by atoms with Gasteiger partial charge in [-0.3, -0.25) is 14.4 Å². The fourth-order valence-corrected chi connectivity index (χ4v) is 3.33. The largest absolute Gasteiger partial charge is 0.466 e. The zero-order valence-electron chi connectivity index (χ0n) is 21.0. The maximum absolute atomic E-state index is 12.9. The van der Waals surface area contributed by atoms with E-state index < -0.39 is 41.6 Å². The van der Waals surface area contributed by atoms with Gasteiger partial charge in [-0.2, -0.15) is 0 Å². The quantitative estimate of drug-likeness (QED) is 0.121. The molecule has 0 saturated heterocycles. The molecule has 0 aliphatic heterocycles. The molecule has 8 heteroatoms. The minimum atomic E-state index is -2.68. The van der Waals surface area contributed by atoms with Crippen LogP contribution in [0.15, 0.2) is 0 Å². The molecule has 0 aliphatic carbocycles. The zero-order valence-corrected chi connectivity index (χ0v) is 21.0. The predicted molar refractivity (Wildman–Crippen MR) is 124 cm³/mol. The van der Waals surface area contributed by atoms with Gasteiger partial charge < -0.3 is 19.3 Å². The van der Waals surface area contributed by atoms with Crippen LogP contribution in [0.1, 0.15) is 105 Å². The van der Waals surface area contributed by atoms with Crippen LogP contribution < -0.4 is 0 Å². The maximum atomic E-state index is 12.9. The predicted octanol–water partition coefficient (Wildman–Crippen LogP) is 4.29. The van der Waals surface area contributed by atoms with Crippen molar-refractivity contribution < 1.29 is 38.5 Å². The summed E-state index contributed by atoms with van der Waals surface area (Å²) in [5, 5.41) is 11.3. The third-order valence-corrected chi connectivity index (χ3v) is 5.28. The number of unbranched alkanes of at least 4 members (excludes halogenated alkanes) is 6. The Balaban J connectivity index is 5.71. The lowest BCUT2D eigenvalue weighted by Crippen LogP contribution is -2.55. The van der Waals surface area contributed by atoms with Crippen LogP contribution in [0, 0.1) is 5.92 Å². The molecule has 0 amide bonds. The first-order chi connectivity index (χ1) is 15.8. The van der Waals surface area contributed by atoms with Gasteiger partial charge >= 0.3 is 17.9 Å². The van der Waals surface area contributed by atoms with E-state index in [9.17, 15) is 24.3 Å². The summed E-state index contributed by atoms with van der Waals surface area (Å²) in [5.74, 6) is -5.57. The maximum Gasteiger partial charge on any atom is 0.340 e. The standard InChI is InChI=1S/C25H44O8/c1-5-9-12-16-31-21(27)19-25(30,24(29)33-18-14-11-7-3)22(20(26)15-8-4)23(28)32-17-13-10-6-2/h22,30H,5-19H2,1-4H3. The topological polar surface area (TPSA) is 116 Å². The van der Waals surface area contributed by atoms with Crippen LogP contribution in [0.3, 0.4) is 0 Å². The molecule has 0 radical (unpaired) electrons. The highest BCUT2D eigenvalue weighted by Gasteiger charge is 2.55. The van der Waals surface area contributed by atoms with Crippen molar-refractivity contribution in [3.05, 3.63) is 0 Å². The summed E-state index contributed by atoms with van der Waals surface area (Å²) in [7, 11) is 0. The van der Waals surface area contributed by atoms with Crippen LogP contribution in [-0.4, -0.2) is 54.2 Å². The number of Topliss-reactive ketones (excluding diaryl/α,β-unsaturated/α-hetero) is 1. The molecule has 0 aromatic rings. The van der Waals surface area contributed by atoms with Gasteiger partial charge in [-0.05, 0) is 25.7 Å². The van der Waals surface area contributed by atoms with Crippen LogP contribution >= 0.6 is 0 Å². The van der Waals surface area contributed by atoms with E-state index in [1.165, 1.54) is 0 Å². The molecular weight excluding hydrogens is 428 g/mol. The summed E-state index contributed by atoms with van der Waals surface area (Å²) >= 11 is 0. The van der Waals surface area contributed by atoms with Gasteiger partial charge in [0.1, 0.15) is 0 Å². The summed E-state index contributed by atoms with van der Waals surface area (Å²) in [6, 6.07) is 0. The molecule has 0 aromatic carbocycles. The van der Waals surface area contributed by atoms with Gasteiger partial charge in [0.15, 0.2) is 17.3 Å². The Morgan fingerprint density at radius 1 is 0.697 bits per heavy atom. The molecule has 33 heavy (non-hydrogen) atoms. The van der Waals surface area contributed by atoms with Gasteiger partial charge in [-0.25, -0.2) is 4.79 Å². The molecule has 0 fully saturated rings. The first kappa shape index (κ1) is 31.0. The van der Waals surface area contributed by atoms with E-state index in [0.717, 1.165) is 38.5 Å². The molecule has 0 saturated carbocycles. The highest BCUT2D eigenvalue weighted by atomic mass is 16.6. The van der Waals surface area contributed by atoms with Crippen molar-refractivity contribution in [2.45, 2.75) is 110 Å². The van der Waals surface area contributed by atoms with Crippen LogP contribution in [-0.2, 0) is 33.4 Å². The Hall–Kier alpha value is -1.96. The molecule has 2 unspecified atom stereocenters.